The summed E-state index contributed by atoms with van der Waals surface area (Å²) in [6, 6.07) is 15.9. The lowest BCUT2D eigenvalue weighted by atomic mass is 9.88. The van der Waals surface area contributed by atoms with Crippen LogP contribution in [0.3, 0.4) is 0 Å². The van der Waals surface area contributed by atoms with E-state index in [0.29, 0.717) is 13.1 Å². The molecule has 49 heavy (non-hydrogen) atoms. The summed E-state index contributed by atoms with van der Waals surface area (Å²) in [4.78, 5) is 37.9. The Morgan fingerprint density at radius 2 is 1.35 bits per heavy atom. The molecular weight excluding hydrogens is 670 g/mol. The lowest BCUT2D eigenvalue weighted by Gasteiger charge is -2.45. The molecule has 0 radical (unpaired) electrons. The van der Waals surface area contributed by atoms with Gasteiger partial charge < -0.3 is 34.3 Å². The quantitative estimate of drug-likeness (QED) is 0.303. The maximum atomic E-state index is 13.1. The summed E-state index contributed by atoms with van der Waals surface area (Å²) in [6.45, 7) is 3.54. The van der Waals surface area contributed by atoms with E-state index in [-0.39, 0.29) is 5.91 Å². The van der Waals surface area contributed by atoms with Gasteiger partial charge in [-0.25, -0.2) is 14.6 Å². The number of halogens is 6. The summed E-state index contributed by atoms with van der Waals surface area (Å²) in [6.07, 6.45) is -5.37. The number of aliphatic carboxylic acids is 2. The van der Waals surface area contributed by atoms with Gasteiger partial charge in [0, 0.05) is 38.6 Å². The molecule has 18 heteroatoms. The number of nitrogens with zero attached hydrogens (tertiary/aromatic N) is 3. The smallest absolute Gasteiger partial charge is 0.490 e. The maximum Gasteiger partial charge on any atom is 0.490 e. The molecule has 2 aromatic carbocycles. The molecule has 3 aromatic rings. The Kier molecular flexibility index (Phi) is 13.0. The normalized spacial score (nSPS) is 16.9. The van der Waals surface area contributed by atoms with E-state index >= 15 is 0 Å². The van der Waals surface area contributed by atoms with Crippen LogP contribution in [0.1, 0.15) is 29.8 Å². The Bertz CT molecular complexity index is 1510. The number of hydrogen-bond donors (Lipinski definition) is 3. The van der Waals surface area contributed by atoms with Crippen LogP contribution in [0, 0.1) is 0 Å². The number of alkyl halides is 6. The van der Waals surface area contributed by atoms with Crippen molar-refractivity contribution in [1.82, 2.24) is 19.8 Å². The second-order valence-electron chi connectivity index (χ2n) is 10.8. The molecule has 1 spiro atoms. The fourth-order valence-corrected chi connectivity index (χ4v) is 4.98. The van der Waals surface area contributed by atoms with Crippen molar-refractivity contribution in [3.63, 3.8) is 0 Å². The first kappa shape index (κ1) is 38.6. The number of benzene rings is 2. The number of carboxylic acid groups (broad SMARTS) is 2. The highest BCUT2D eigenvalue weighted by Crippen LogP contribution is 2.40. The minimum Gasteiger partial charge on any atom is -0.497 e. The fraction of sp³-hybridized carbons (Fsp3) is 0.419. The van der Waals surface area contributed by atoms with Gasteiger partial charge in [-0.15, -0.1) is 0 Å². The van der Waals surface area contributed by atoms with Crippen molar-refractivity contribution in [2.75, 3.05) is 27.3 Å². The third-order valence-electron chi connectivity index (χ3n) is 7.49. The number of carboxylic acids is 2. The number of likely N-dealkylation sites (tertiary alicyclic amines) is 1. The minimum atomic E-state index is -5.08. The van der Waals surface area contributed by atoms with Crippen LogP contribution in [0.2, 0.25) is 0 Å². The number of imidazole rings is 1. The number of fused-ring (bicyclic) bond motifs is 2. The van der Waals surface area contributed by atoms with Crippen molar-refractivity contribution in [2.45, 2.75) is 56.5 Å². The van der Waals surface area contributed by atoms with Crippen LogP contribution in [-0.2, 0) is 44.4 Å². The van der Waals surface area contributed by atoms with Crippen LogP contribution in [0.4, 0.5) is 26.3 Å². The molecule has 1 saturated heterocycles. The number of carbonyl (C=O) groups is 3. The molecule has 2 aliphatic rings. The van der Waals surface area contributed by atoms with E-state index in [0.717, 1.165) is 55.4 Å². The van der Waals surface area contributed by atoms with E-state index in [1.54, 1.807) is 14.2 Å². The number of rotatable bonds is 7. The van der Waals surface area contributed by atoms with Gasteiger partial charge in [0.1, 0.15) is 22.9 Å². The number of amides is 1. The highest BCUT2D eigenvalue weighted by molar-refractivity contribution is 5.81. The van der Waals surface area contributed by atoms with Gasteiger partial charge in [0.2, 0.25) is 0 Å². The van der Waals surface area contributed by atoms with E-state index < -0.39 is 36.0 Å². The van der Waals surface area contributed by atoms with Crippen molar-refractivity contribution >= 4 is 17.8 Å². The molecule has 1 atom stereocenters. The second kappa shape index (κ2) is 16.5. The second-order valence-corrected chi connectivity index (χ2v) is 10.8. The molecule has 3 heterocycles. The number of hydrogen-bond acceptors (Lipinski definition) is 8. The zero-order valence-electron chi connectivity index (χ0n) is 26.3. The van der Waals surface area contributed by atoms with Crippen molar-refractivity contribution in [2.24, 2.45) is 0 Å². The van der Waals surface area contributed by atoms with Crippen LogP contribution in [-0.4, -0.2) is 88.3 Å². The molecule has 1 aromatic heterocycles. The van der Waals surface area contributed by atoms with Crippen LogP contribution < -0.4 is 14.8 Å². The highest BCUT2D eigenvalue weighted by atomic mass is 19.4. The first-order valence-electron chi connectivity index (χ1n) is 14.5. The largest absolute Gasteiger partial charge is 0.497 e. The molecule has 2 aliphatic heterocycles. The summed E-state index contributed by atoms with van der Waals surface area (Å²) in [5, 5.41) is 17.3. The van der Waals surface area contributed by atoms with Gasteiger partial charge in [0.25, 0.3) is 5.91 Å². The lowest BCUT2D eigenvalue weighted by molar-refractivity contribution is -0.193. The zero-order valence-corrected chi connectivity index (χ0v) is 26.3. The van der Waals surface area contributed by atoms with Gasteiger partial charge in [-0.3, -0.25) is 9.69 Å². The Labute approximate surface area is 276 Å². The Morgan fingerprint density at radius 1 is 0.878 bits per heavy atom. The van der Waals surface area contributed by atoms with E-state index in [9.17, 15) is 31.1 Å². The number of aromatic nitrogens is 2. The maximum absolute atomic E-state index is 13.1. The summed E-state index contributed by atoms with van der Waals surface area (Å²) in [5.41, 5.74) is 1.73. The summed E-state index contributed by atoms with van der Waals surface area (Å²) >= 11 is 0. The minimum absolute atomic E-state index is 0.0970. The number of carbonyl (C=O) groups excluding carboxylic acids is 1. The Hall–Kier alpha value is -4.84. The molecule has 1 amide bonds. The van der Waals surface area contributed by atoms with Crippen LogP contribution in [0.5, 0.6) is 11.5 Å². The van der Waals surface area contributed by atoms with Gasteiger partial charge in [-0.2, -0.15) is 26.3 Å². The van der Waals surface area contributed by atoms with Crippen molar-refractivity contribution in [3.8, 4) is 11.5 Å². The van der Waals surface area contributed by atoms with Crippen LogP contribution in [0.25, 0.3) is 0 Å². The monoisotopic (exact) mass is 704 g/mol. The van der Waals surface area contributed by atoms with Gasteiger partial charge in [-0.1, -0.05) is 24.3 Å². The fourth-order valence-electron chi connectivity index (χ4n) is 4.98. The first-order valence-corrected chi connectivity index (χ1v) is 14.5. The van der Waals surface area contributed by atoms with E-state index in [2.05, 4.69) is 31.9 Å². The zero-order chi connectivity index (χ0) is 36.4. The SMILES string of the molecule is COc1ccc(CNC(=O)C2Cn3ccnc3C3(CCN(Cc4ccc(OC)cc4)CC3)O2)cc1.O=C(O)C(F)(F)F.O=C(O)C(F)(F)F. The number of nitrogens with one attached hydrogen (secondary N) is 1. The predicted molar refractivity (Wildman–Crippen MR) is 159 cm³/mol. The van der Waals surface area contributed by atoms with Crippen LogP contribution in [0.15, 0.2) is 60.9 Å². The molecule has 1 fully saturated rings. The molecule has 268 valence electrons. The van der Waals surface area contributed by atoms with E-state index in [1.165, 1.54) is 5.56 Å². The standard InChI is InChI=1S/C27H32N4O4.2C2HF3O2/c1-33-22-7-3-20(4-8-22)17-29-25(32)24-19-31-16-13-28-26(31)27(35-24)11-14-30(15-12-27)18-21-5-9-23(34-2)10-6-21;2*3-2(4,5)1(6)7/h3-10,13,16,24H,11-12,14-15,17-19H2,1-2H3,(H,29,32);2*(H,6,7). The molecule has 12 nitrogen and oxygen atoms in total. The first-order chi connectivity index (χ1) is 23.0. The Balaban J connectivity index is 0.000000392. The molecule has 5 rings (SSSR count). The van der Waals surface area contributed by atoms with Gasteiger partial charge in [0.05, 0.1) is 20.8 Å². The van der Waals surface area contributed by atoms with Crippen molar-refractivity contribution < 1.29 is 65.1 Å². The third-order valence-corrected chi connectivity index (χ3v) is 7.49. The third kappa shape index (κ3) is 11.1. The van der Waals surface area contributed by atoms with Crippen LogP contribution >= 0.6 is 0 Å². The van der Waals surface area contributed by atoms with Gasteiger partial charge >= 0.3 is 24.3 Å². The van der Waals surface area contributed by atoms with Crippen molar-refractivity contribution in [3.05, 3.63) is 77.9 Å². The Morgan fingerprint density at radius 3 is 1.80 bits per heavy atom. The highest BCUT2D eigenvalue weighted by Gasteiger charge is 2.47. The molecule has 0 bridgehead atoms. The van der Waals surface area contributed by atoms with E-state index in [4.69, 9.17) is 34.0 Å². The topological polar surface area (TPSA) is 152 Å². The summed E-state index contributed by atoms with van der Waals surface area (Å²) in [7, 11) is 3.32. The summed E-state index contributed by atoms with van der Waals surface area (Å²) in [5.74, 6) is -3.02. The average molecular weight is 705 g/mol. The van der Waals surface area contributed by atoms with Gasteiger partial charge in [0.15, 0.2) is 6.10 Å². The average Bonchev–Trinajstić information content (AvgIpc) is 3.55. The molecular formula is C31H34F6N4O8. The lowest BCUT2D eigenvalue weighted by Crippen LogP contribution is -2.53. The predicted octanol–water partition coefficient (Wildman–Crippen LogP) is 4.37. The number of ether oxygens (including phenoxy) is 3. The molecule has 0 aliphatic carbocycles. The van der Waals surface area contributed by atoms with E-state index in [1.807, 2.05) is 48.8 Å². The van der Waals surface area contributed by atoms with Crippen molar-refractivity contribution in [1.29, 1.82) is 0 Å². The molecule has 3 N–H and O–H groups in total. The number of piperidine rings is 1. The molecule has 1 unspecified atom stereocenters. The number of methoxy groups -OCH3 is 2. The molecule has 0 saturated carbocycles. The summed E-state index contributed by atoms with van der Waals surface area (Å²) < 4.78 is 82.6. The van der Waals surface area contributed by atoms with Gasteiger partial charge in [-0.05, 0) is 48.2 Å².